The van der Waals surface area contributed by atoms with Gasteiger partial charge in [-0.05, 0) is 24.3 Å². The molecule has 1 aliphatic heterocycles. The van der Waals surface area contributed by atoms with Crippen LogP contribution in [0.3, 0.4) is 0 Å². The molecule has 2 aromatic rings. The molecule has 1 atom stereocenters. The Morgan fingerprint density at radius 2 is 1.85 bits per heavy atom. The lowest BCUT2D eigenvalue weighted by Crippen LogP contribution is -2.39. The molecule has 0 fully saturated rings. The van der Waals surface area contributed by atoms with Gasteiger partial charge in [-0.15, -0.1) is 0 Å². The molecule has 0 saturated heterocycles. The topological polar surface area (TPSA) is 117 Å². The Labute approximate surface area is 147 Å². The van der Waals surface area contributed by atoms with Crippen LogP contribution in [0.2, 0.25) is 0 Å². The highest BCUT2D eigenvalue weighted by Crippen LogP contribution is 2.31. The fourth-order valence-electron chi connectivity index (χ4n) is 2.23. The van der Waals surface area contributed by atoms with Crippen molar-refractivity contribution in [1.29, 1.82) is 0 Å². The van der Waals surface area contributed by atoms with Gasteiger partial charge in [-0.2, -0.15) is 0 Å². The summed E-state index contributed by atoms with van der Waals surface area (Å²) in [6.45, 7) is -0.531. The number of benzene rings is 2. The Hall–Kier alpha value is -3.62. The zero-order valence-electron chi connectivity index (χ0n) is 13.4. The highest BCUT2D eigenvalue weighted by atomic mass is 16.6. The van der Waals surface area contributed by atoms with Crippen LogP contribution < -0.4 is 14.8 Å². The van der Waals surface area contributed by atoms with Gasteiger partial charge >= 0.3 is 5.97 Å². The van der Waals surface area contributed by atoms with Crippen molar-refractivity contribution >= 4 is 23.3 Å². The molecule has 0 aromatic heterocycles. The van der Waals surface area contributed by atoms with Crippen molar-refractivity contribution in [3.63, 3.8) is 0 Å². The summed E-state index contributed by atoms with van der Waals surface area (Å²) >= 11 is 0. The second kappa shape index (κ2) is 7.51. The predicted octanol–water partition coefficient (Wildman–Crippen LogP) is 1.92. The molecule has 9 heteroatoms. The first-order chi connectivity index (χ1) is 12.5. The number of hydrogen-bond acceptors (Lipinski definition) is 7. The third-order valence-electron chi connectivity index (χ3n) is 3.48. The van der Waals surface area contributed by atoms with Gasteiger partial charge in [-0.25, -0.2) is 4.79 Å². The molecule has 0 saturated carbocycles. The van der Waals surface area contributed by atoms with E-state index in [1.807, 2.05) is 0 Å². The van der Waals surface area contributed by atoms with E-state index in [1.165, 1.54) is 24.3 Å². The number of anilines is 1. The van der Waals surface area contributed by atoms with Crippen LogP contribution in [0.1, 0.15) is 0 Å². The molecule has 3 rings (SSSR count). The van der Waals surface area contributed by atoms with Crippen LogP contribution in [-0.2, 0) is 14.3 Å². The van der Waals surface area contributed by atoms with Crippen molar-refractivity contribution in [2.75, 3.05) is 18.5 Å². The number of fused-ring (bicyclic) bond motifs is 1. The molecule has 134 valence electrons. The van der Waals surface area contributed by atoms with E-state index in [1.54, 1.807) is 24.3 Å². The molecule has 0 bridgehead atoms. The highest BCUT2D eigenvalue weighted by Gasteiger charge is 2.29. The van der Waals surface area contributed by atoms with Gasteiger partial charge in [0.15, 0.2) is 18.1 Å². The Morgan fingerprint density at radius 3 is 2.54 bits per heavy atom. The van der Waals surface area contributed by atoms with E-state index in [2.05, 4.69) is 5.32 Å². The monoisotopic (exact) mass is 358 g/mol. The van der Waals surface area contributed by atoms with Gasteiger partial charge in [-0.1, -0.05) is 12.1 Å². The van der Waals surface area contributed by atoms with Crippen molar-refractivity contribution in [3.05, 3.63) is 58.6 Å². The number of amides is 1. The Kier molecular flexibility index (Phi) is 4.97. The van der Waals surface area contributed by atoms with Crippen LogP contribution in [0.5, 0.6) is 11.5 Å². The molecule has 0 aliphatic carbocycles. The molecule has 0 radical (unpaired) electrons. The first-order valence-electron chi connectivity index (χ1n) is 7.62. The smallest absolute Gasteiger partial charge is 0.351 e. The summed E-state index contributed by atoms with van der Waals surface area (Å²) in [5.74, 6) is -0.342. The van der Waals surface area contributed by atoms with Crippen LogP contribution in [0.4, 0.5) is 11.4 Å². The molecule has 0 unspecified atom stereocenters. The van der Waals surface area contributed by atoms with Crippen LogP contribution in [0, 0.1) is 10.1 Å². The van der Waals surface area contributed by atoms with Crippen molar-refractivity contribution < 1.29 is 28.7 Å². The summed E-state index contributed by atoms with van der Waals surface area (Å²) in [7, 11) is 0. The van der Waals surface area contributed by atoms with Gasteiger partial charge in [0.05, 0.1) is 4.92 Å². The molecule has 1 heterocycles. The van der Waals surface area contributed by atoms with Crippen molar-refractivity contribution in [2.45, 2.75) is 6.10 Å². The number of nitrogens with zero attached hydrogens (tertiary/aromatic N) is 1. The quantitative estimate of drug-likeness (QED) is 0.493. The van der Waals surface area contributed by atoms with E-state index >= 15 is 0 Å². The molecule has 1 N–H and O–H groups in total. The van der Waals surface area contributed by atoms with Gasteiger partial charge in [0, 0.05) is 17.8 Å². The maximum absolute atomic E-state index is 12.0. The number of non-ortho nitro benzene ring substituents is 1. The van der Waals surface area contributed by atoms with E-state index in [0.29, 0.717) is 17.2 Å². The lowest BCUT2D eigenvalue weighted by Gasteiger charge is -2.24. The maximum atomic E-state index is 12.0. The third-order valence-corrected chi connectivity index (χ3v) is 3.48. The summed E-state index contributed by atoms with van der Waals surface area (Å²) in [5.41, 5.74) is 0.256. The summed E-state index contributed by atoms with van der Waals surface area (Å²) in [5, 5.41) is 13.0. The number of esters is 1. The molecule has 9 nitrogen and oxygen atoms in total. The maximum Gasteiger partial charge on any atom is 0.351 e. The van der Waals surface area contributed by atoms with Crippen molar-refractivity contribution in [2.24, 2.45) is 0 Å². The highest BCUT2D eigenvalue weighted by molar-refractivity contribution is 5.93. The Balaban J connectivity index is 1.48. The number of nitro benzene ring substituents is 1. The van der Waals surface area contributed by atoms with Crippen LogP contribution >= 0.6 is 0 Å². The van der Waals surface area contributed by atoms with Gasteiger partial charge in [-0.3, -0.25) is 14.9 Å². The minimum absolute atomic E-state index is 0.0141. The average molecular weight is 358 g/mol. The number of nitro groups is 1. The molecule has 1 amide bonds. The molecule has 1 aliphatic rings. The molecule has 2 aromatic carbocycles. The fourth-order valence-corrected chi connectivity index (χ4v) is 2.23. The normalized spacial score (nSPS) is 15.0. The fraction of sp³-hybridized carbons (Fsp3) is 0.176. The number of carbonyl (C=O) groups excluding carboxylic acids is 2. The van der Waals surface area contributed by atoms with E-state index in [-0.39, 0.29) is 12.3 Å². The Bertz CT molecular complexity index is 835. The van der Waals surface area contributed by atoms with Gasteiger partial charge in [0.1, 0.15) is 6.61 Å². The summed E-state index contributed by atoms with van der Waals surface area (Å²) in [6.07, 6.45) is -0.961. The van der Waals surface area contributed by atoms with Crippen molar-refractivity contribution in [3.8, 4) is 11.5 Å². The first kappa shape index (κ1) is 17.2. The third kappa shape index (κ3) is 4.07. The number of ether oxygens (including phenoxy) is 3. The standard InChI is InChI=1S/C17H14N2O7/c20-16(18-11-5-7-12(8-6-11)19(22)23)10-25-17(21)15-9-24-13-3-1-2-4-14(13)26-15/h1-8,15H,9-10H2,(H,18,20)/t15-/m0/s1. The SMILES string of the molecule is O=C(COC(=O)[C@@H]1COc2ccccc2O1)Nc1ccc([N+](=O)[O-])cc1. The predicted molar refractivity (Wildman–Crippen MR) is 89.0 cm³/mol. The zero-order valence-corrected chi connectivity index (χ0v) is 13.4. The van der Waals surface area contributed by atoms with Crippen LogP contribution in [0.25, 0.3) is 0 Å². The molecule has 26 heavy (non-hydrogen) atoms. The molecule has 0 spiro atoms. The summed E-state index contributed by atoms with van der Waals surface area (Å²) in [4.78, 5) is 33.9. The second-order valence-electron chi connectivity index (χ2n) is 5.32. The van der Waals surface area contributed by atoms with Crippen LogP contribution in [0.15, 0.2) is 48.5 Å². The van der Waals surface area contributed by atoms with Crippen molar-refractivity contribution in [1.82, 2.24) is 0 Å². The number of nitrogens with one attached hydrogen (secondary N) is 1. The average Bonchev–Trinajstić information content (AvgIpc) is 2.66. The van der Waals surface area contributed by atoms with Gasteiger partial charge in [0.25, 0.3) is 11.6 Å². The first-order valence-corrected chi connectivity index (χ1v) is 7.62. The van der Waals surface area contributed by atoms with E-state index in [0.717, 1.165) is 0 Å². The lowest BCUT2D eigenvalue weighted by molar-refractivity contribution is -0.384. The van der Waals surface area contributed by atoms with Gasteiger partial charge < -0.3 is 19.5 Å². The van der Waals surface area contributed by atoms with Gasteiger partial charge in [0.2, 0.25) is 6.10 Å². The van der Waals surface area contributed by atoms with Crippen LogP contribution in [-0.4, -0.2) is 36.1 Å². The van der Waals surface area contributed by atoms with E-state index in [4.69, 9.17) is 14.2 Å². The Morgan fingerprint density at radius 1 is 1.15 bits per heavy atom. The molecular formula is C17H14N2O7. The minimum Gasteiger partial charge on any atom is -0.485 e. The number of para-hydroxylation sites is 2. The lowest BCUT2D eigenvalue weighted by atomic mass is 10.2. The summed E-state index contributed by atoms with van der Waals surface area (Å²) < 4.78 is 15.8. The minimum atomic E-state index is -0.961. The summed E-state index contributed by atoms with van der Waals surface area (Å²) in [6, 6.07) is 12.2. The largest absolute Gasteiger partial charge is 0.485 e. The molecular weight excluding hydrogens is 344 g/mol. The number of rotatable bonds is 5. The number of carbonyl (C=O) groups is 2. The van der Waals surface area contributed by atoms with E-state index < -0.39 is 29.5 Å². The zero-order chi connectivity index (χ0) is 18.5. The van der Waals surface area contributed by atoms with E-state index in [9.17, 15) is 19.7 Å². The number of hydrogen-bond donors (Lipinski definition) is 1. The second-order valence-corrected chi connectivity index (χ2v) is 5.32.